The fraction of sp³-hybridized carbons (Fsp3) is 0.364. The van der Waals surface area contributed by atoms with Gasteiger partial charge in [-0.1, -0.05) is 12.1 Å². The van der Waals surface area contributed by atoms with E-state index in [1.807, 2.05) is 0 Å². The van der Waals surface area contributed by atoms with Crippen molar-refractivity contribution < 1.29 is 9.90 Å². The molecule has 0 spiro atoms. The molecule has 0 aromatic heterocycles. The molecule has 0 saturated heterocycles. The van der Waals surface area contributed by atoms with Crippen LogP contribution in [0.3, 0.4) is 0 Å². The van der Waals surface area contributed by atoms with Gasteiger partial charge in [-0.05, 0) is 31.0 Å². The second-order valence-corrected chi connectivity index (χ2v) is 3.78. The molecule has 0 aliphatic heterocycles. The first-order chi connectivity index (χ1) is 7.49. The summed E-state index contributed by atoms with van der Waals surface area (Å²) in [5.41, 5.74) is 11.7. The molecule has 0 fully saturated rings. The summed E-state index contributed by atoms with van der Waals surface area (Å²) in [7, 11) is 0. The fourth-order valence-corrected chi connectivity index (χ4v) is 1.43. The van der Waals surface area contributed by atoms with Crippen molar-refractivity contribution in [3.63, 3.8) is 0 Å². The Bertz CT molecular complexity index is 349. The Balaban J connectivity index is 2.68. The average Bonchev–Trinajstić information content (AvgIpc) is 2.19. The fourth-order valence-electron chi connectivity index (χ4n) is 1.43. The molecule has 2 unspecified atom stereocenters. The van der Waals surface area contributed by atoms with Gasteiger partial charge in [0.05, 0.1) is 12.2 Å². The molecule has 5 nitrogen and oxygen atoms in total. The van der Waals surface area contributed by atoms with Crippen LogP contribution in [0.1, 0.15) is 12.5 Å². The zero-order valence-electron chi connectivity index (χ0n) is 9.18. The van der Waals surface area contributed by atoms with Crippen LogP contribution < -0.4 is 16.8 Å². The van der Waals surface area contributed by atoms with Gasteiger partial charge in [0.2, 0.25) is 5.91 Å². The van der Waals surface area contributed by atoms with Gasteiger partial charge in [0, 0.05) is 0 Å². The van der Waals surface area contributed by atoms with Crippen LogP contribution in [-0.2, 0) is 11.2 Å². The van der Waals surface area contributed by atoms with E-state index in [1.54, 1.807) is 31.2 Å². The lowest BCUT2D eigenvalue weighted by atomic mass is 10.1. The molecule has 1 aromatic rings. The monoisotopic (exact) mass is 223 g/mol. The third-order valence-electron chi connectivity index (χ3n) is 2.18. The first-order valence-corrected chi connectivity index (χ1v) is 5.08. The van der Waals surface area contributed by atoms with Crippen LogP contribution in [0.25, 0.3) is 0 Å². The van der Waals surface area contributed by atoms with Gasteiger partial charge in [-0.3, -0.25) is 10.1 Å². The summed E-state index contributed by atoms with van der Waals surface area (Å²) in [4.78, 5) is 11.2. The molecule has 0 radical (unpaired) electrons. The summed E-state index contributed by atoms with van der Waals surface area (Å²) in [6.45, 7) is 1.74. The number of nitrogens with two attached hydrogens (primary N) is 2. The standard InChI is InChI=1S/C11H17N3O2/c1-7(12)14-10(11(13)16)6-8-2-4-9(15)5-3-8/h2-5,7,10,14-15H,6,12H2,1H3,(H2,13,16). The summed E-state index contributed by atoms with van der Waals surface area (Å²) < 4.78 is 0. The summed E-state index contributed by atoms with van der Waals surface area (Å²) >= 11 is 0. The van der Waals surface area contributed by atoms with Gasteiger partial charge < -0.3 is 16.6 Å². The van der Waals surface area contributed by atoms with E-state index in [9.17, 15) is 4.79 Å². The number of phenolic OH excluding ortho intramolecular Hbond substituents is 1. The largest absolute Gasteiger partial charge is 0.508 e. The third kappa shape index (κ3) is 3.88. The zero-order chi connectivity index (χ0) is 12.1. The molecule has 5 heteroatoms. The molecular weight excluding hydrogens is 206 g/mol. The number of hydrogen-bond donors (Lipinski definition) is 4. The predicted octanol–water partition coefficient (Wildman–Crippen LogP) is -0.317. The van der Waals surface area contributed by atoms with Crippen molar-refractivity contribution in [3.8, 4) is 5.75 Å². The minimum absolute atomic E-state index is 0.194. The Morgan fingerprint density at radius 2 is 2.00 bits per heavy atom. The Morgan fingerprint density at radius 1 is 1.44 bits per heavy atom. The number of carbonyl (C=O) groups excluding carboxylic acids is 1. The van der Waals surface area contributed by atoms with Crippen molar-refractivity contribution in [1.82, 2.24) is 5.32 Å². The Labute approximate surface area is 94.4 Å². The zero-order valence-corrected chi connectivity index (χ0v) is 9.18. The highest BCUT2D eigenvalue weighted by atomic mass is 16.3. The number of carbonyl (C=O) groups is 1. The van der Waals surface area contributed by atoms with Gasteiger partial charge in [-0.15, -0.1) is 0 Å². The van der Waals surface area contributed by atoms with Crippen LogP contribution in [0.5, 0.6) is 5.75 Å². The molecule has 0 aliphatic carbocycles. The van der Waals surface area contributed by atoms with E-state index in [-0.39, 0.29) is 11.9 Å². The number of benzene rings is 1. The van der Waals surface area contributed by atoms with E-state index in [1.165, 1.54) is 0 Å². The van der Waals surface area contributed by atoms with Crippen LogP contribution in [0, 0.1) is 0 Å². The highest BCUT2D eigenvalue weighted by molar-refractivity contribution is 5.80. The second-order valence-electron chi connectivity index (χ2n) is 3.78. The molecule has 0 saturated carbocycles. The quantitative estimate of drug-likeness (QED) is 0.514. The first kappa shape index (κ1) is 12.5. The molecule has 1 amide bonds. The van der Waals surface area contributed by atoms with Crippen molar-refractivity contribution in [2.24, 2.45) is 11.5 Å². The maximum atomic E-state index is 11.2. The second kappa shape index (κ2) is 5.48. The number of primary amides is 1. The maximum absolute atomic E-state index is 11.2. The van der Waals surface area contributed by atoms with Crippen molar-refractivity contribution in [3.05, 3.63) is 29.8 Å². The van der Waals surface area contributed by atoms with Gasteiger partial charge in [0.1, 0.15) is 5.75 Å². The van der Waals surface area contributed by atoms with Crippen LogP contribution >= 0.6 is 0 Å². The van der Waals surface area contributed by atoms with Crippen LogP contribution in [-0.4, -0.2) is 23.2 Å². The summed E-state index contributed by atoms with van der Waals surface area (Å²) in [5, 5.41) is 12.0. The van der Waals surface area contributed by atoms with Gasteiger partial charge in [0.25, 0.3) is 0 Å². The van der Waals surface area contributed by atoms with E-state index in [0.29, 0.717) is 6.42 Å². The Kier molecular flexibility index (Phi) is 4.28. The van der Waals surface area contributed by atoms with Gasteiger partial charge in [-0.2, -0.15) is 0 Å². The highest BCUT2D eigenvalue weighted by Crippen LogP contribution is 2.11. The van der Waals surface area contributed by atoms with Crippen molar-refractivity contribution >= 4 is 5.91 Å². The molecule has 88 valence electrons. The van der Waals surface area contributed by atoms with Crippen molar-refractivity contribution in [1.29, 1.82) is 0 Å². The number of nitrogens with one attached hydrogen (secondary N) is 1. The molecule has 2 atom stereocenters. The SMILES string of the molecule is CC(N)NC(Cc1ccc(O)cc1)C(N)=O. The molecule has 0 bridgehead atoms. The van der Waals surface area contributed by atoms with Crippen LogP contribution in [0.4, 0.5) is 0 Å². The molecule has 0 aliphatic rings. The van der Waals surface area contributed by atoms with Gasteiger partial charge in [-0.25, -0.2) is 0 Å². The average molecular weight is 223 g/mol. The molecule has 6 N–H and O–H groups in total. The normalized spacial score (nSPS) is 14.4. The molecule has 16 heavy (non-hydrogen) atoms. The van der Waals surface area contributed by atoms with Gasteiger partial charge >= 0.3 is 0 Å². The van der Waals surface area contributed by atoms with Crippen molar-refractivity contribution in [2.75, 3.05) is 0 Å². The number of phenols is 1. The molecule has 0 heterocycles. The minimum atomic E-state index is -0.496. The third-order valence-corrected chi connectivity index (χ3v) is 2.18. The smallest absolute Gasteiger partial charge is 0.234 e. The van der Waals surface area contributed by atoms with E-state index >= 15 is 0 Å². The maximum Gasteiger partial charge on any atom is 0.234 e. The van der Waals surface area contributed by atoms with Gasteiger partial charge in [0.15, 0.2) is 0 Å². The lowest BCUT2D eigenvalue weighted by Gasteiger charge is -2.18. The number of amides is 1. The number of hydrogen-bond acceptors (Lipinski definition) is 4. The van der Waals surface area contributed by atoms with Crippen molar-refractivity contribution in [2.45, 2.75) is 25.6 Å². The van der Waals surface area contributed by atoms with Crippen LogP contribution in [0.2, 0.25) is 0 Å². The van der Waals surface area contributed by atoms with E-state index in [0.717, 1.165) is 5.56 Å². The van der Waals surface area contributed by atoms with E-state index in [2.05, 4.69) is 5.32 Å². The number of rotatable bonds is 5. The minimum Gasteiger partial charge on any atom is -0.508 e. The summed E-state index contributed by atoms with van der Waals surface area (Å²) in [6.07, 6.45) is 0.159. The Morgan fingerprint density at radius 3 is 2.44 bits per heavy atom. The highest BCUT2D eigenvalue weighted by Gasteiger charge is 2.16. The summed E-state index contributed by atoms with van der Waals surface area (Å²) in [6, 6.07) is 6.13. The van der Waals surface area contributed by atoms with Crippen LogP contribution in [0.15, 0.2) is 24.3 Å². The molecular formula is C11H17N3O2. The molecule has 1 aromatic carbocycles. The Hall–Kier alpha value is -1.59. The topological polar surface area (TPSA) is 101 Å². The lowest BCUT2D eigenvalue weighted by molar-refractivity contribution is -0.120. The summed E-state index contributed by atoms with van der Waals surface area (Å²) in [5.74, 6) is -0.245. The molecule has 1 rings (SSSR count). The van der Waals surface area contributed by atoms with E-state index < -0.39 is 11.9 Å². The first-order valence-electron chi connectivity index (χ1n) is 5.08. The number of aromatic hydroxyl groups is 1. The predicted molar refractivity (Wildman–Crippen MR) is 61.6 cm³/mol. The van der Waals surface area contributed by atoms with E-state index in [4.69, 9.17) is 16.6 Å². The lowest BCUT2D eigenvalue weighted by Crippen LogP contribution is -2.49.